The Hall–Kier alpha value is -1.68. The third-order valence-corrected chi connectivity index (χ3v) is 3.36. The summed E-state index contributed by atoms with van der Waals surface area (Å²) >= 11 is 3.08. The van der Waals surface area contributed by atoms with Crippen LogP contribution < -0.4 is 4.74 Å². The highest BCUT2D eigenvalue weighted by Crippen LogP contribution is 2.27. The third kappa shape index (κ3) is 3.20. The van der Waals surface area contributed by atoms with E-state index in [0.717, 1.165) is 5.56 Å². The summed E-state index contributed by atoms with van der Waals surface area (Å²) in [5.41, 5.74) is 1.29. The van der Waals surface area contributed by atoms with Crippen molar-refractivity contribution < 1.29 is 13.9 Å². The number of hydrogen-bond acceptors (Lipinski definition) is 2. The summed E-state index contributed by atoms with van der Waals surface area (Å²) in [6.45, 7) is 0. The first-order valence-corrected chi connectivity index (χ1v) is 6.51. The van der Waals surface area contributed by atoms with Crippen LogP contribution in [-0.2, 0) is 6.42 Å². The number of methoxy groups -OCH3 is 1. The number of benzene rings is 2. The number of Topliss-reactive ketones (excluding diaryl/α,β-unsaturated/α-hetero) is 1. The van der Waals surface area contributed by atoms with E-state index in [1.54, 1.807) is 0 Å². The van der Waals surface area contributed by atoms with Crippen LogP contribution in [0.4, 0.5) is 4.39 Å². The molecular weight excluding hydrogens is 311 g/mol. The molecule has 0 atom stereocenters. The van der Waals surface area contributed by atoms with Crippen LogP contribution >= 0.6 is 15.9 Å². The smallest absolute Gasteiger partial charge is 0.170 e. The van der Waals surface area contributed by atoms with Gasteiger partial charge < -0.3 is 4.74 Å². The van der Waals surface area contributed by atoms with Crippen LogP contribution in [-0.4, -0.2) is 12.9 Å². The van der Waals surface area contributed by atoms with E-state index >= 15 is 0 Å². The van der Waals surface area contributed by atoms with Crippen molar-refractivity contribution in [2.75, 3.05) is 7.11 Å². The summed E-state index contributed by atoms with van der Waals surface area (Å²) in [5.74, 6) is -0.307. The van der Waals surface area contributed by atoms with Crippen molar-refractivity contribution in [3.05, 3.63) is 63.9 Å². The number of carbonyl (C=O) groups is 1. The second-order valence-corrected chi connectivity index (χ2v) is 4.91. The summed E-state index contributed by atoms with van der Waals surface area (Å²) in [6.07, 6.45) is 0.259. The number of halogens is 2. The molecule has 0 heterocycles. The maximum atomic E-state index is 13.4. The molecule has 0 saturated carbocycles. The van der Waals surface area contributed by atoms with Gasteiger partial charge in [-0.3, -0.25) is 4.79 Å². The maximum absolute atomic E-state index is 13.4. The fraction of sp³-hybridized carbons (Fsp3) is 0.133. The Kier molecular flexibility index (Phi) is 4.32. The lowest BCUT2D eigenvalue weighted by molar-refractivity contribution is 0.0990. The molecular formula is C15H12BrFO2. The number of hydrogen-bond donors (Lipinski definition) is 0. The minimum atomic E-state index is -0.451. The van der Waals surface area contributed by atoms with E-state index in [1.807, 2.05) is 30.3 Å². The molecule has 0 radical (unpaired) electrons. The van der Waals surface area contributed by atoms with Crippen LogP contribution in [0.5, 0.6) is 5.75 Å². The molecule has 0 spiro atoms. The second kappa shape index (κ2) is 5.97. The molecule has 2 nitrogen and oxygen atoms in total. The first-order chi connectivity index (χ1) is 9.11. The Morgan fingerprint density at radius 1 is 1.26 bits per heavy atom. The Labute approximate surface area is 119 Å². The van der Waals surface area contributed by atoms with Crippen molar-refractivity contribution >= 4 is 21.7 Å². The monoisotopic (exact) mass is 322 g/mol. The topological polar surface area (TPSA) is 26.3 Å². The molecule has 0 saturated heterocycles. The lowest BCUT2D eigenvalue weighted by atomic mass is 10.0. The molecule has 98 valence electrons. The van der Waals surface area contributed by atoms with Gasteiger partial charge in [-0.15, -0.1) is 0 Å². The number of rotatable bonds is 4. The van der Waals surface area contributed by atoms with Crippen molar-refractivity contribution in [3.63, 3.8) is 0 Å². The molecule has 0 aliphatic heterocycles. The maximum Gasteiger partial charge on any atom is 0.170 e. The average Bonchev–Trinajstić information content (AvgIpc) is 2.42. The molecule has 2 rings (SSSR count). The molecule has 0 aromatic heterocycles. The van der Waals surface area contributed by atoms with E-state index in [4.69, 9.17) is 4.74 Å². The Morgan fingerprint density at radius 3 is 2.58 bits per heavy atom. The number of carbonyl (C=O) groups excluding carboxylic acids is 1. The van der Waals surface area contributed by atoms with E-state index < -0.39 is 5.82 Å². The van der Waals surface area contributed by atoms with Crippen molar-refractivity contribution in [1.82, 2.24) is 0 Å². The molecule has 4 heteroatoms. The van der Waals surface area contributed by atoms with Crippen LogP contribution in [0.25, 0.3) is 0 Å². The molecule has 19 heavy (non-hydrogen) atoms. The van der Waals surface area contributed by atoms with Gasteiger partial charge in [0.25, 0.3) is 0 Å². The van der Waals surface area contributed by atoms with Gasteiger partial charge in [-0.25, -0.2) is 4.39 Å². The Morgan fingerprint density at radius 2 is 1.95 bits per heavy atom. The van der Waals surface area contributed by atoms with Crippen molar-refractivity contribution in [2.45, 2.75) is 6.42 Å². The van der Waals surface area contributed by atoms with Gasteiger partial charge in [-0.2, -0.15) is 0 Å². The standard InChI is InChI=1S/C15H12BrFO2/c1-19-15-9-13(17)12(16)8-11(15)14(18)7-10-5-3-2-4-6-10/h2-6,8-9H,7H2,1H3. The summed E-state index contributed by atoms with van der Waals surface area (Å²) in [4.78, 5) is 12.2. The van der Waals surface area contributed by atoms with E-state index in [-0.39, 0.29) is 22.4 Å². The van der Waals surface area contributed by atoms with Gasteiger partial charge >= 0.3 is 0 Å². The van der Waals surface area contributed by atoms with Crippen LogP contribution in [0, 0.1) is 5.82 Å². The van der Waals surface area contributed by atoms with Gasteiger partial charge in [0.05, 0.1) is 17.1 Å². The SMILES string of the molecule is COc1cc(F)c(Br)cc1C(=O)Cc1ccccc1. The van der Waals surface area contributed by atoms with Gasteiger partial charge in [0, 0.05) is 12.5 Å². The predicted octanol–water partition coefficient (Wildman–Crippen LogP) is 4.02. The second-order valence-electron chi connectivity index (χ2n) is 4.05. The minimum absolute atomic E-state index is 0.108. The highest BCUT2D eigenvalue weighted by Gasteiger charge is 2.16. The molecule has 0 bridgehead atoms. The van der Waals surface area contributed by atoms with Crippen molar-refractivity contribution in [1.29, 1.82) is 0 Å². The largest absolute Gasteiger partial charge is 0.496 e. The van der Waals surface area contributed by atoms with E-state index in [9.17, 15) is 9.18 Å². The molecule has 0 amide bonds. The lowest BCUT2D eigenvalue weighted by Gasteiger charge is -2.09. The first-order valence-electron chi connectivity index (χ1n) is 5.72. The van der Waals surface area contributed by atoms with E-state index in [2.05, 4.69) is 15.9 Å². The summed E-state index contributed by atoms with van der Waals surface area (Å²) in [6, 6.07) is 12.1. The van der Waals surface area contributed by atoms with Gasteiger partial charge in [0.1, 0.15) is 11.6 Å². The molecule has 0 unspecified atom stereocenters. The fourth-order valence-corrected chi connectivity index (χ4v) is 2.14. The number of ether oxygens (including phenoxy) is 1. The van der Waals surface area contributed by atoms with Crippen LogP contribution in [0.1, 0.15) is 15.9 Å². The lowest BCUT2D eigenvalue weighted by Crippen LogP contribution is -2.06. The van der Waals surface area contributed by atoms with Gasteiger partial charge in [-0.05, 0) is 27.6 Å². The Bertz CT molecular complexity index is 597. The zero-order chi connectivity index (χ0) is 13.8. The fourth-order valence-electron chi connectivity index (χ4n) is 1.79. The summed E-state index contributed by atoms with van der Waals surface area (Å²) < 4.78 is 18.7. The molecule has 0 aliphatic carbocycles. The van der Waals surface area contributed by atoms with Gasteiger partial charge in [0.2, 0.25) is 0 Å². The number of ketones is 1. The Balaban J connectivity index is 2.31. The van der Waals surface area contributed by atoms with E-state index in [0.29, 0.717) is 5.56 Å². The summed E-state index contributed by atoms with van der Waals surface area (Å²) in [7, 11) is 1.42. The molecule has 2 aromatic rings. The normalized spacial score (nSPS) is 10.3. The quantitative estimate of drug-likeness (QED) is 0.795. The molecule has 2 aromatic carbocycles. The molecule has 0 N–H and O–H groups in total. The third-order valence-electron chi connectivity index (χ3n) is 2.75. The zero-order valence-corrected chi connectivity index (χ0v) is 11.9. The van der Waals surface area contributed by atoms with Crippen LogP contribution in [0.2, 0.25) is 0 Å². The minimum Gasteiger partial charge on any atom is -0.496 e. The first kappa shape index (κ1) is 13.7. The zero-order valence-electron chi connectivity index (χ0n) is 10.3. The van der Waals surface area contributed by atoms with Crippen LogP contribution in [0.3, 0.4) is 0 Å². The summed E-state index contributed by atoms with van der Waals surface area (Å²) in [5, 5.41) is 0. The molecule has 0 aliphatic rings. The van der Waals surface area contributed by atoms with Gasteiger partial charge in [-0.1, -0.05) is 30.3 Å². The molecule has 0 fully saturated rings. The highest BCUT2D eigenvalue weighted by atomic mass is 79.9. The van der Waals surface area contributed by atoms with Gasteiger partial charge in [0.15, 0.2) is 5.78 Å². The predicted molar refractivity (Wildman–Crippen MR) is 75.1 cm³/mol. The van der Waals surface area contributed by atoms with E-state index in [1.165, 1.54) is 19.2 Å². The van der Waals surface area contributed by atoms with Crippen LogP contribution in [0.15, 0.2) is 46.9 Å². The van der Waals surface area contributed by atoms with Crippen molar-refractivity contribution in [2.24, 2.45) is 0 Å². The van der Waals surface area contributed by atoms with Crippen molar-refractivity contribution in [3.8, 4) is 5.75 Å². The highest BCUT2D eigenvalue weighted by molar-refractivity contribution is 9.10. The average molecular weight is 323 g/mol.